The number of amides is 1. The van der Waals surface area contributed by atoms with Crippen LogP contribution in [-0.2, 0) is 0 Å². The molecular weight excluding hydrogens is 282 g/mol. The fourth-order valence-corrected chi connectivity index (χ4v) is 1.70. The molecule has 0 aliphatic rings. The van der Waals surface area contributed by atoms with E-state index < -0.39 is 0 Å². The van der Waals surface area contributed by atoms with Crippen molar-refractivity contribution in [3.8, 4) is 11.5 Å². The molecule has 1 aromatic carbocycles. The first-order valence-electron chi connectivity index (χ1n) is 6.79. The molecule has 22 heavy (non-hydrogen) atoms. The molecule has 0 unspecified atom stereocenters. The van der Waals surface area contributed by atoms with Crippen LogP contribution in [0.5, 0.6) is 11.5 Å². The number of phenolic OH excluding ortho intramolecular Hbond substituents is 1. The SMILES string of the molecule is CC(C)Oc1ccc(/C=N\NC(=O)c2cccnc2)c(O)c1. The normalized spacial score (nSPS) is 10.9. The van der Waals surface area contributed by atoms with Gasteiger partial charge in [0.25, 0.3) is 5.91 Å². The Balaban J connectivity index is 2.00. The molecule has 2 aromatic rings. The highest BCUT2D eigenvalue weighted by Crippen LogP contribution is 2.23. The maximum absolute atomic E-state index is 11.7. The second-order valence-corrected chi connectivity index (χ2v) is 4.83. The van der Waals surface area contributed by atoms with E-state index in [1.807, 2.05) is 13.8 Å². The lowest BCUT2D eigenvalue weighted by atomic mass is 10.2. The summed E-state index contributed by atoms with van der Waals surface area (Å²) in [5, 5.41) is 13.7. The van der Waals surface area contributed by atoms with Gasteiger partial charge in [0, 0.05) is 24.0 Å². The Labute approximate surface area is 128 Å². The highest BCUT2D eigenvalue weighted by atomic mass is 16.5. The van der Waals surface area contributed by atoms with Crippen LogP contribution in [-0.4, -0.2) is 28.3 Å². The molecule has 6 heteroatoms. The zero-order chi connectivity index (χ0) is 15.9. The van der Waals surface area contributed by atoms with E-state index in [4.69, 9.17) is 4.74 Å². The first-order valence-corrected chi connectivity index (χ1v) is 6.79. The fourth-order valence-electron chi connectivity index (χ4n) is 1.70. The molecule has 2 N–H and O–H groups in total. The zero-order valence-corrected chi connectivity index (χ0v) is 12.4. The van der Waals surface area contributed by atoms with Gasteiger partial charge < -0.3 is 9.84 Å². The van der Waals surface area contributed by atoms with Gasteiger partial charge in [0.05, 0.1) is 17.9 Å². The number of hydrogen-bond acceptors (Lipinski definition) is 5. The Hall–Kier alpha value is -2.89. The third-order valence-electron chi connectivity index (χ3n) is 2.67. The molecule has 0 radical (unpaired) electrons. The number of aromatic hydroxyl groups is 1. The lowest BCUT2D eigenvalue weighted by molar-refractivity contribution is 0.0954. The first kappa shape index (κ1) is 15.5. The summed E-state index contributed by atoms with van der Waals surface area (Å²) in [6, 6.07) is 8.19. The van der Waals surface area contributed by atoms with Crippen LogP contribution in [0.15, 0.2) is 47.8 Å². The van der Waals surface area contributed by atoms with Gasteiger partial charge in [0.1, 0.15) is 11.5 Å². The van der Waals surface area contributed by atoms with E-state index >= 15 is 0 Å². The number of nitrogens with zero attached hydrogens (tertiary/aromatic N) is 2. The Morgan fingerprint density at radius 2 is 2.23 bits per heavy atom. The van der Waals surface area contributed by atoms with E-state index in [0.29, 0.717) is 16.9 Å². The summed E-state index contributed by atoms with van der Waals surface area (Å²) in [6.45, 7) is 3.81. The first-order chi connectivity index (χ1) is 10.6. The van der Waals surface area contributed by atoms with Crippen LogP contribution >= 0.6 is 0 Å². The third kappa shape index (κ3) is 4.31. The number of rotatable bonds is 5. The number of carbonyl (C=O) groups is 1. The molecule has 0 bridgehead atoms. The van der Waals surface area contributed by atoms with E-state index in [0.717, 1.165) is 0 Å². The highest BCUT2D eigenvalue weighted by Gasteiger charge is 2.05. The fraction of sp³-hybridized carbons (Fsp3) is 0.188. The van der Waals surface area contributed by atoms with E-state index in [9.17, 15) is 9.90 Å². The Morgan fingerprint density at radius 3 is 2.86 bits per heavy atom. The van der Waals surface area contributed by atoms with Crippen LogP contribution in [0.4, 0.5) is 0 Å². The van der Waals surface area contributed by atoms with Crippen molar-refractivity contribution < 1.29 is 14.6 Å². The summed E-state index contributed by atoms with van der Waals surface area (Å²) in [5.74, 6) is 0.227. The van der Waals surface area contributed by atoms with E-state index in [1.165, 1.54) is 18.5 Å². The molecule has 0 spiro atoms. The molecule has 0 fully saturated rings. The van der Waals surface area contributed by atoms with Crippen LogP contribution in [0.3, 0.4) is 0 Å². The van der Waals surface area contributed by atoms with Gasteiger partial charge in [0.2, 0.25) is 0 Å². The summed E-state index contributed by atoms with van der Waals surface area (Å²) in [7, 11) is 0. The van der Waals surface area contributed by atoms with Crippen molar-refractivity contribution in [1.82, 2.24) is 10.4 Å². The number of hydrazone groups is 1. The Morgan fingerprint density at radius 1 is 1.41 bits per heavy atom. The van der Waals surface area contributed by atoms with Gasteiger partial charge in [-0.2, -0.15) is 5.10 Å². The number of hydrogen-bond donors (Lipinski definition) is 2. The second kappa shape index (κ2) is 7.21. The minimum absolute atomic E-state index is 0.0255. The predicted molar refractivity (Wildman–Crippen MR) is 83.2 cm³/mol. The van der Waals surface area contributed by atoms with Gasteiger partial charge >= 0.3 is 0 Å². The van der Waals surface area contributed by atoms with Gasteiger partial charge in [-0.05, 0) is 38.1 Å². The number of ether oxygens (including phenoxy) is 1. The zero-order valence-electron chi connectivity index (χ0n) is 12.4. The Bertz CT molecular complexity index is 670. The Kier molecular flexibility index (Phi) is 5.08. The molecular formula is C16H17N3O3. The predicted octanol–water partition coefficient (Wildman–Crippen LogP) is 2.34. The molecule has 114 valence electrons. The molecule has 6 nitrogen and oxygen atoms in total. The molecule has 1 heterocycles. The maximum Gasteiger partial charge on any atom is 0.272 e. The molecule has 1 aromatic heterocycles. The van der Waals surface area contributed by atoms with Crippen molar-refractivity contribution in [2.45, 2.75) is 20.0 Å². The minimum Gasteiger partial charge on any atom is -0.507 e. The third-order valence-corrected chi connectivity index (χ3v) is 2.67. The largest absolute Gasteiger partial charge is 0.507 e. The van der Waals surface area contributed by atoms with Crippen LogP contribution in [0.2, 0.25) is 0 Å². The summed E-state index contributed by atoms with van der Waals surface area (Å²) in [4.78, 5) is 15.6. The monoisotopic (exact) mass is 299 g/mol. The van der Waals surface area contributed by atoms with Crippen LogP contribution in [0, 0.1) is 0 Å². The lowest BCUT2D eigenvalue weighted by Crippen LogP contribution is -2.17. The smallest absolute Gasteiger partial charge is 0.272 e. The lowest BCUT2D eigenvalue weighted by Gasteiger charge is -2.10. The summed E-state index contributed by atoms with van der Waals surface area (Å²) >= 11 is 0. The molecule has 0 saturated carbocycles. The molecule has 0 saturated heterocycles. The number of carbonyl (C=O) groups excluding carboxylic acids is 1. The summed E-state index contributed by atoms with van der Waals surface area (Å²) < 4.78 is 5.47. The van der Waals surface area contributed by atoms with Crippen molar-refractivity contribution in [2.75, 3.05) is 0 Å². The number of benzene rings is 1. The average molecular weight is 299 g/mol. The number of aromatic nitrogens is 1. The molecule has 0 atom stereocenters. The van der Waals surface area contributed by atoms with Crippen molar-refractivity contribution in [1.29, 1.82) is 0 Å². The molecule has 0 aliphatic heterocycles. The van der Waals surface area contributed by atoms with Gasteiger partial charge in [-0.3, -0.25) is 9.78 Å². The van der Waals surface area contributed by atoms with Crippen molar-refractivity contribution in [3.63, 3.8) is 0 Å². The van der Waals surface area contributed by atoms with Crippen molar-refractivity contribution in [2.24, 2.45) is 5.10 Å². The van der Waals surface area contributed by atoms with Gasteiger partial charge in [-0.15, -0.1) is 0 Å². The van der Waals surface area contributed by atoms with Crippen molar-refractivity contribution >= 4 is 12.1 Å². The van der Waals surface area contributed by atoms with Gasteiger partial charge in [0.15, 0.2) is 0 Å². The van der Waals surface area contributed by atoms with E-state index in [-0.39, 0.29) is 17.8 Å². The molecule has 0 aliphatic carbocycles. The minimum atomic E-state index is -0.372. The number of pyridine rings is 1. The highest BCUT2D eigenvalue weighted by molar-refractivity contribution is 5.94. The van der Waals surface area contributed by atoms with Gasteiger partial charge in [-0.1, -0.05) is 0 Å². The van der Waals surface area contributed by atoms with E-state index in [2.05, 4.69) is 15.5 Å². The van der Waals surface area contributed by atoms with Crippen LogP contribution in [0.1, 0.15) is 29.8 Å². The summed E-state index contributed by atoms with van der Waals surface area (Å²) in [5.41, 5.74) is 3.25. The quantitative estimate of drug-likeness (QED) is 0.655. The van der Waals surface area contributed by atoms with E-state index in [1.54, 1.807) is 30.5 Å². The van der Waals surface area contributed by atoms with Gasteiger partial charge in [-0.25, -0.2) is 5.43 Å². The van der Waals surface area contributed by atoms with Crippen LogP contribution < -0.4 is 10.2 Å². The topological polar surface area (TPSA) is 83.8 Å². The summed E-state index contributed by atoms with van der Waals surface area (Å²) in [6.07, 6.45) is 4.42. The van der Waals surface area contributed by atoms with Crippen LogP contribution in [0.25, 0.3) is 0 Å². The second-order valence-electron chi connectivity index (χ2n) is 4.83. The number of phenols is 1. The average Bonchev–Trinajstić information content (AvgIpc) is 2.49. The van der Waals surface area contributed by atoms with Crippen molar-refractivity contribution in [3.05, 3.63) is 53.9 Å². The maximum atomic E-state index is 11.7. The molecule has 1 amide bonds. The number of nitrogens with one attached hydrogen (secondary N) is 1. The standard InChI is InChI=1S/C16H17N3O3/c1-11(2)22-14-6-5-12(15(20)8-14)10-18-19-16(21)13-4-3-7-17-9-13/h3-11,20H,1-2H3,(H,19,21)/b18-10-. The molecule has 2 rings (SSSR count).